The Labute approximate surface area is 164 Å². The number of hydrogen-bond donors (Lipinski definition) is 0. The number of carbonyl (C=O) groups is 1. The first-order valence-electron chi connectivity index (χ1n) is 9.11. The summed E-state index contributed by atoms with van der Waals surface area (Å²) in [5.74, 6) is 1.17. The zero-order valence-electron chi connectivity index (χ0n) is 16.3. The quantitative estimate of drug-likeness (QED) is 0.441. The van der Waals surface area contributed by atoms with Gasteiger partial charge in [0.15, 0.2) is 0 Å². The van der Waals surface area contributed by atoms with Crippen LogP contribution in [0.1, 0.15) is 17.0 Å². The summed E-state index contributed by atoms with van der Waals surface area (Å²) in [7, 11) is 1.61. The number of para-hydroxylation sites is 1. The first-order valence-corrected chi connectivity index (χ1v) is 9.11. The normalized spacial score (nSPS) is 10.5. The molecule has 0 aliphatic rings. The molecular formula is C22H24N2O4. The molecule has 0 bridgehead atoms. The van der Waals surface area contributed by atoms with Gasteiger partial charge in [0, 0.05) is 11.3 Å². The zero-order valence-corrected chi connectivity index (χ0v) is 16.3. The van der Waals surface area contributed by atoms with E-state index in [2.05, 4.69) is 5.10 Å². The highest BCUT2D eigenvalue weighted by atomic mass is 16.6. The van der Waals surface area contributed by atoms with Crippen LogP contribution in [0.4, 0.5) is 0 Å². The standard InChI is InChI=1S/C22H24N2O4/c1-16-21(17(2)24(23-16)18-7-5-4-6-8-18)15-22(25)28-14-13-27-20-11-9-19(26-3)10-12-20/h4-12H,13-15H2,1-3H3. The van der Waals surface area contributed by atoms with E-state index in [0.29, 0.717) is 12.4 Å². The van der Waals surface area contributed by atoms with Crippen LogP contribution in [0.25, 0.3) is 5.69 Å². The van der Waals surface area contributed by atoms with E-state index in [1.54, 1.807) is 7.11 Å². The van der Waals surface area contributed by atoms with Gasteiger partial charge in [-0.15, -0.1) is 0 Å². The molecule has 3 aromatic rings. The number of ether oxygens (including phenoxy) is 3. The molecule has 0 saturated carbocycles. The monoisotopic (exact) mass is 380 g/mol. The Hall–Kier alpha value is -3.28. The average molecular weight is 380 g/mol. The highest BCUT2D eigenvalue weighted by molar-refractivity contribution is 5.73. The van der Waals surface area contributed by atoms with E-state index in [0.717, 1.165) is 28.4 Å². The number of rotatable bonds is 8. The van der Waals surface area contributed by atoms with Crippen LogP contribution in [0.15, 0.2) is 54.6 Å². The van der Waals surface area contributed by atoms with E-state index in [1.165, 1.54) is 0 Å². The highest BCUT2D eigenvalue weighted by Crippen LogP contribution is 2.19. The second-order valence-corrected chi connectivity index (χ2v) is 6.32. The third-order valence-electron chi connectivity index (χ3n) is 4.44. The molecule has 0 atom stereocenters. The Bertz CT molecular complexity index is 918. The lowest BCUT2D eigenvalue weighted by Gasteiger charge is -2.08. The fourth-order valence-electron chi connectivity index (χ4n) is 2.93. The molecule has 1 heterocycles. The van der Waals surface area contributed by atoms with Crippen LogP contribution in [0, 0.1) is 13.8 Å². The second-order valence-electron chi connectivity index (χ2n) is 6.32. The molecule has 0 aliphatic heterocycles. The minimum Gasteiger partial charge on any atom is -0.497 e. The van der Waals surface area contributed by atoms with Crippen LogP contribution >= 0.6 is 0 Å². The number of benzene rings is 2. The summed E-state index contributed by atoms with van der Waals surface area (Å²) in [5, 5.41) is 4.56. The fraction of sp³-hybridized carbons (Fsp3) is 0.273. The third kappa shape index (κ3) is 4.71. The SMILES string of the molecule is COc1ccc(OCCOC(=O)Cc2c(C)nn(-c3ccccc3)c2C)cc1. The molecule has 0 amide bonds. The summed E-state index contributed by atoms with van der Waals surface area (Å²) in [4.78, 5) is 12.2. The molecule has 3 rings (SSSR count). The Kier molecular flexibility index (Phi) is 6.32. The molecule has 0 N–H and O–H groups in total. The van der Waals surface area contributed by atoms with Gasteiger partial charge >= 0.3 is 5.97 Å². The fourth-order valence-corrected chi connectivity index (χ4v) is 2.93. The lowest BCUT2D eigenvalue weighted by molar-refractivity contribution is -0.143. The Morgan fingerprint density at radius 2 is 1.64 bits per heavy atom. The summed E-state index contributed by atoms with van der Waals surface area (Å²) in [6.45, 7) is 4.35. The van der Waals surface area contributed by atoms with Gasteiger partial charge in [-0.05, 0) is 50.2 Å². The van der Waals surface area contributed by atoms with Gasteiger partial charge in [-0.1, -0.05) is 18.2 Å². The lowest BCUT2D eigenvalue weighted by atomic mass is 10.1. The molecule has 0 unspecified atom stereocenters. The lowest BCUT2D eigenvalue weighted by Crippen LogP contribution is -2.14. The van der Waals surface area contributed by atoms with E-state index in [9.17, 15) is 4.79 Å². The molecule has 6 heteroatoms. The molecule has 28 heavy (non-hydrogen) atoms. The Morgan fingerprint density at radius 1 is 0.964 bits per heavy atom. The van der Waals surface area contributed by atoms with Crippen molar-refractivity contribution in [3.8, 4) is 17.2 Å². The van der Waals surface area contributed by atoms with Gasteiger partial charge in [0.1, 0.15) is 24.7 Å². The summed E-state index contributed by atoms with van der Waals surface area (Å²) in [5.41, 5.74) is 3.63. The number of nitrogens with zero attached hydrogens (tertiary/aromatic N) is 2. The van der Waals surface area contributed by atoms with Crippen LogP contribution in [-0.4, -0.2) is 36.1 Å². The number of carbonyl (C=O) groups excluding carboxylic acids is 1. The minimum atomic E-state index is -0.294. The summed E-state index contributed by atoms with van der Waals surface area (Å²) >= 11 is 0. The van der Waals surface area contributed by atoms with Crippen molar-refractivity contribution in [1.29, 1.82) is 0 Å². The number of aromatic nitrogens is 2. The van der Waals surface area contributed by atoms with Gasteiger partial charge < -0.3 is 14.2 Å². The predicted octanol–water partition coefficient (Wildman–Crippen LogP) is 3.66. The van der Waals surface area contributed by atoms with E-state index in [-0.39, 0.29) is 19.0 Å². The number of aryl methyl sites for hydroxylation is 1. The molecule has 6 nitrogen and oxygen atoms in total. The highest BCUT2D eigenvalue weighted by Gasteiger charge is 2.16. The molecule has 2 aromatic carbocycles. The average Bonchev–Trinajstić information content (AvgIpc) is 3.00. The largest absolute Gasteiger partial charge is 0.497 e. The van der Waals surface area contributed by atoms with E-state index in [4.69, 9.17) is 14.2 Å². The maximum atomic E-state index is 12.2. The maximum absolute atomic E-state index is 12.2. The van der Waals surface area contributed by atoms with Crippen molar-refractivity contribution in [3.63, 3.8) is 0 Å². The van der Waals surface area contributed by atoms with Crippen LogP contribution in [-0.2, 0) is 16.0 Å². The number of esters is 1. The molecule has 0 aliphatic carbocycles. The van der Waals surface area contributed by atoms with E-state index >= 15 is 0 Å². The van der Waals surface area contributed by atoms with Crippen molar-refractivity contribution in [3.05, 3.63) is 71.5 Å². The van der Waals surface area contributed by atoms with Crippen molar-refractivity contribution < 1.29 is 19.0 Å². The van der Waals surface area contributed by atoms with Gasteiger partial charge in [0.05, 0.1) is 24.9 Å². The van der Waals surface area contributed by atoms with Crippen molar-refractivity contribution in [2.45, 2.75) is 20.3 Å². The molecule has 0 radical (unpaired) electrons. The smallest absolute Gasteiger partial charge is 0.310 e. The van der Waals surface area contributed by atoms with Crippen LogP contribution in [0.3, 0.4) is 0 Å². The minimum absolute atomic E-state index is 0.188. The molecule has 0 saturated heterocycles. The van der Waals surface area contributed by atoms with Crippen molar-refractivity contribution in [2.24, 2.45) is 0 Å². The first-order chi connectivity index (χ1) is 13.6. The summed E-state index contributed by atoms with van der Waals surface area (Å²) < 4.78 is 17.8. The molecule has 146 valence electrons. The van der Waals surface area contributed by atoms with Crippen LogP contribution in [0.2, 0.25) is 0 Å². The summed E-state index contributed by atoms with van der Waals surface area (Å²) in [6.07, 6.45) is 0.188. The van der Waals surface area contributed by atoms with Gasteiger partial charge in [0.25, 0.3) is 0 Å². The van der Waals surface area contributed by atoms with Crippen molar-refractivity contribution in [2.75, 3.05) is 20.3 Å². The van der Waals surface area contributed by atoms with Crippen LogP contribution < -0.4 is 9.47 Å². The van der Waals surface area contributed by atoms with E-state index in [1.807, 2.05) is 73.1 Å². The number of hydrogen-bond acceptors (Lipinski definition) is 5. The van der Waals surface area contributed by atoms with Crippen molar-refractivity contribution in [1.82, 2.24) is 9.78 Å². The van der Waals surface area contributed by atoms with Gasteiger partial charge in [-0.25, -0.2) is 4.68 Å². The molecule has 1 aromatic heterocycles. The van der Waals surface area contributed by atoms with Crippen LogP contribution in [0.5, 0.6) is 11.5 Å². The second kappa shape index (κ2) is 9.08. The van der Waals surface area contributed by atoms with Gasteiger partial charge in [-0.3, -0.25) is 4.79 Å². The Balaban J connectivity index is 1.51. The number of methoxy groups -OCH3 is 1. The topological polar surface area (TPSA) is 62.6 Å². The van der Waals surface area contributed by atoms with Gasteiger partial charge in [0.2, 0.25) is 0 Å². The Morgan fingerprint density at radius 3 is 2.32 bits per heavy atom. The molecule has 0 spiro atoms. The van der Waals surface area contributed by atoms with Gasteiger partial charge in [-0.2, -0.15) is 5.10 Å². The van der Waals surface area contributed by atoms with Crippen molar-refractivity contribution >= 4 is 5.97 Å². The summed E-state index contributed by atoms with van der Waals surface area (Å²) in [6, 6.07) is 17.1. The maximum Gasteiger partial charge on any atom is 0.310 e. The third-order valence-corrected chi connectivity index (χ3v) is 4.44. The van der Waals surface area contributed by atoms with E-state index < -0.39 is 0 Å². The zero-order chi connectivity index (χ0) is 19.9. The molecule has 0 fully saturated rings. The first kappa shape index (κ1) is 19.5. The molecular weight excluding hydrogens is 356 g/mol. The predicted molar refractivity (Wildman–Crippen MR) is 106 cm³/mol.